The van der Waals surface area contributed by atoms with Gasteiger partial charge in [-0.05, 0) is 37.0 Å². The lowest BCUT2D eigenvalue weighted by molar-refractivity contribution is 0.168. The normalized spacial score (nSPS) is 12.1. The molecule has 1 nitrogen and oxygen atoms in total. The van der Waals surface area contributed by atoms with E-state index in [1.54, 1.807) is 0 Å². The highest BCUT2D eigenvalue weighted by Crippen LogP contribution is 2.24. The summed E-state index contributed by atoms with van der Waals surface area (Å²) in [5.41, 5.74) is 3.30. The molecule has 0 saturated carbocycles. The molecule has 0 aliphatic carbocycles. The van der Waals surface area contributed by atoms with E-state index in [1.165, 1.54) is 0 Å². The smallest absolute Gasteiger partial charge is 0.0804 e. The Morgan fingerprint density at radius 1 is 1.36 bits per heavy atom. The Kier molecular flexibility index (Phi) is 3.73. The fraction of sp³-hybridized carbons (Fsp3) is 0.385. The molecule has 0 heterocycles. The van der Waals surface area contributed by atoms with E-state index in [0.29, 0.717) is 12.8 Å². The molecule has 0 aliphatic heterocycles. The molecule has 0 amide bonds. The number of terminal acetylenes is 1. The molecule has 1 rings (SSSR count). The van der Waals surface area contributed by atoms with Crippen molar-refractivity contribution in [3.63, 3.8) is 0 Å². The van der Waals surface area contributed by atoms with Gasteiger partial charge in [0.15, 0.2) is 0 Å². The first-order valence-corrected chi connectivity index (χ1v) is 4.84. The van der Waals surface area contributed by atoms with Gasteiger partial charge < -0.3 is 5.11 Å². The molecule has 0 fully saturated rings. The van der Waals surface area contributed by atoms with Crippen molar-refractivity contribution in [1.29, 1.82) is 0 Å². The van der Waals surface area contributed by atoms with Crippen molar-refractivity contribution in [3.05, 3.63) is 34.9 Å². The minimum atomic E-state index is -0.424. The Morgan fingerprint density at radius 2 is 1.93 bits per heavy atom. The molecule has 1 atom stereocenters. The van der Waals surface area contributed by atoms with Crippen LogP contribution in [0.25, 0.3) is 0 Å². The Bertz CT molecular complexity index is 326. The zero-order valence-corrected chi connectivity index (χ0v) is 8.75. The third-order valence-corrected chi connectivity index (χ3v) is 2.44. The molecule has 1 unspecified atom stereocenters. The van der Waals surface area contributed by atoms with Gasteiger partial charge in [0, 0.05) is 6.42 Å². The standard InChI is InChI=1S/C13H16O/c1-4-5-9-12(14)13-10(2)7-6-8-11(13)3/h1,6-8,12,14H,5,9H2,2-3H3. The van der Waals surface area contributed by atoms with E-state index in [2.05, 4.69) is 5.92 Å². The number of aliphatic hydroxyl groups is 1. The third kappa shape index (κ3) is 2.37. The van der Waals surface area contributed by atoms with Crippen LogP contribution < -0.4 is 0 Å². The van der Waals surface area contributed by atoms with Gasteiger partial charge in [0.1, 0.15) is 0 Å². The van der Waals surface area contributed by atoms with Crippen LogP contribution in [0.4, 0.5) is 0 Å². The molecular formula is C13H16O. The van der Waals surface area contributed by atoms with Crippen molar-refractivity contribution in [2.75, 3.05) is 0 Å². The zero-order valence-electron chi connectivity index (χ0n) is 8.75. The van der Waals surface area contributed by atoms with Gasteiger partial charge in [-0.1, -0.05) is 18.2 Å². The summed E-state index contributed by atoms with van der Waals surface area (Å²) in [6.07, 6.45) is 6.01. The van der Waals surface area contributed by atoms with Crippen molar-refractivity contribution < 1.29 is 5.11 Å². The third-order valence-electron chi connectivity index (χ3n) is 2.44. The second-order valence-electron chi connectivity index (χ2n) is 3.56. The summed E-state index contributed by atoms with van der Waals surface area (Å²) in [4.78, 5) is 0. The fourth-order valence-corrected chi connectivity index (χ4v) is 1.72. The largest absolute Gasteiger partial charge is 0.388 e. The molecule has 1 aromatic carbocycles. The number of aliphatic hydroxyl groups excluding tert-OH is 1. The monoisotopic (exact) mass is 188 g/mol. The second kappa shape index (κ2) is 4.83. The summed E-state index contributed by atoms with van der Waals surface area (Å²) < 4.78 is 0. The Balaban J connectivity index is 2.89. The first kappa shape index (κ1) is 10.8. The van der Waals surface area contributed by atoms with E-state index in [1.807, 2.05) is 32.0 Å². The van der Waals surface area contributed by atoms with Crippen LogP contribution in [0.15, 0.2) is 18.2 Å². The fourth-order valence-electron chi connectivity index (χ4n) is 1.72. The van der Waals surface area contributed by atoms with Gasteiger partial charge in [0.05, 0.1) is 6.10 Å². The molecule has 0 aliphatic rings. The summed E-state index contributed by atoms with van der Waals surface area (Å²) in [6.45, 7) is 4.03. The molecule has 1 aromatic rings. The van der Waals surface area contributed by atoms with Crippen LogP contribution in [0.1, 0.15) is 35.6 Å². The van der Waals surface area contributed by atoms with Gasteiger partial charge in [-0.2, -0.15) is 0 Å². The summed E-state index contributed by atoms with van der Waals surface area (Å²) >= 11 is 0. The van der Waals surface area contributed by atoms with Crippen LogP contribution in [0.3, 0.4) is 0 Å². The van der Waals surface area contributed by atoms with E-state index in [4.69, 9.17) is 6.42 Å². The lowest BCUT2D eigenvalue weighted by atomic mass is 9.95. The number of hydrogen-bond acceptors (Lipinski definition) is 1. The predicted molar refractivity (Wildman–Crippen MR) is 58.9 cm³/mol. The van der Waals surface area contributed by atoms with E-state index >= 15 is 0 Å². The lowest BCUT2D eigenvalue weighted by Gasteiger charge is -2.15. The van der Waals surface area contributed by atoms with Crippen molar-refractivity contribution >= 4 is 0 Å². The number of benzene rings is 1. The molecule has 1 heteroatoms. The van der Waals surface area contributed by atoms with E-state index in [-0.39, 0.29) is 0 Å². The highest BCUT2D eigenvalue weighted by molar-refractivity contribution is 5.35. The molecule has 0 radical (unpaired) electrons. The number of aryl methyl sites for hydroxylation is 2. The molecule has 0 saturated heterocycles. The summed E-state index contributed by atoms with van der Waals surface area (Å²) in [5.74, 6) is 2.55. The lowest BCUT2D eigenvalue weighted by Crippen LogP contribution is -2.02. The van der Waals surface area contributed by atoms with Crippen LogP contribution in [0.5, 0.6) is 0 Å². The topological polar surface area (TPSA) is 20.2 Å². The first-order valence-electron chi connectivity index (χ1n) is 4.84. The second-order valence-corrected chi connectivity index (χ2v) is 3.56. The minimum absolute atomic E-state index is 0.424. The molecule has 0 spiro atoms. The quantitative estimate of drug-likeness (QED) is 0.723. The maximum atomic E-state index is 9.92. The molecule has 0 aromatic heterocycles. The SMILES string of the molecule is C#CCCC(O)c1c(C)cccc1C. The van der Waals surface area contributed by atoms with Crippen LogP contribution in [0.2, 0.25) is 0 Å². The predicted octanol–water partition coefficient (Wildman–Crippen LogP) is 2.75. The Labute approximate surface area is 85.8 Å². The van der Waals surface area contributed by atoms with Gasteiger partial charge in [-0.25, -0.2) is 0 Å². The molecule has 1 N–H and O–H groups in total. The highest BCUT2D eigenvalue weighted by Gasteiger charge is 2.11. The molecule has 14 heavy (non-hydrogen) atoms. The van der Waals surface area contributed by atoms with Crippen LogP contribution in [-0.2, 0) is 0 Å². The van der Waals surface area contributed by atoms with E-state index < -0.39 is 6.10 Å². The maximum absolute atomic E-state index is 9.92. The van der Waals surface area contributed by atoms with Crippen LogP contribution >= 0.6 is 0 Å². The molecule has 74 valence electrons. The Hall–Kier alpha value is -1.26. The maximum Gasteiger partial charge on any atom is 0.0804 e. The summed E-state index contributed by atoms with van der Waals surface area (Å²) in [6, 6.07) is 6.03. The van der Waals surface area contributed by atoms with Crippen molar-refractivity contribution in [2.45, 2.75) is 32.8 Å². The van der Waals surface area contributed by atoms with Crippen molar-refractivity contribution in [1.82, 2.24) is 0 Å². The van der Waals surface area contributed by atoms with E-state index in [9.17, 15) is 5.11 Å². The summed E-state index contributed by atoms with van der Waals surface area (Å²) in [5, 5.41) is 9.92. The van der Waals surface area contributed by atoms with Gasteiger partial charge >= 0.3 is 0 Å². The average molecular weight is 188 g/mol. The van der Waals surface area contributed by atoms with E-state index in [0.717, 1.165) is 16.7 Å². The molecule has 0 bridgehead atoms. The average Bonchev–Trinajstić information content (AvgIpc) is 2.14. The van der Waals surface area contributed by atoms with Gasteiger partial charge in [-0.3, -0.25) is 0 Å². The number of rotatable bonds is 3. The first-order chi connectivity index (χ1) is 6.66. The Morgan fingerprint density at radius 3 is 2.43 bits per heavy atom. The summed E-state index contributed by atoms with van der Waals surface area (Å²) in [7, 11) is 0. The van der Waals surface area contributed by atoms with Gasteiger partial charge in [0.2, 0.25) is 0 Å². The van der Waals surface area contributed by atoms with Crippen molar-refractivity contribution in [2.24, 2.45) is 0 Å². The highest BCUT2D eigenvalue weighted by atomic mass is 16.3. The zero-order chi connectivity index (χ0) is 10.6. The van der Waals surface area contributed by atoms with Crippen LogP contribution in [-0.4, -0.2) is 5.11 Å². The minimum Gasteiger partial charge on any atom is -0.388 e. The van der Waals surface area contributed by atoms with Gasteiger partial charge in [0.25, 0.3) is 0 Å². The van der Waals surface area contributed by atoms with Crippen molar-refractivity contribution in [3.8, 4) is 12.3 Å². The van der Waals surface area contributed by atoms with Crippen LogP contribution in [0, 0.1) is 26.2 Å². The number of hydrogen-bond donors (Lipinski definition) is 1. The van der Waals surface area contributed by atoms with Gasteiger partial charge in [-0.15, -0.1) is 12.3 Å². The molecular weight excluding hydrogens is 172 g/mol.